The summed E-state index contributed by atoms with van der Waals surface area (Å²) in [5, 5.41) is 22.2. The summed E-state index contributed by atoms with van der Waals surface area (Å²) in [6.45, 7) is 2.18. The van der Waals surface area contributed by atoms with E-state index in [0.717, 1.165) is 48.9 Å². The quantitative estimate of drug-likeness (QED) is 0.277. The number of anilines is 1. The zero-order valence-electron chi connectivity index (χ0n) is 18.6. The van der Waals surface area contributed by atoms with Crippen molar-refractivity contribution in [1.82, 2.24) is 0 Å². The van der Waals surface area contributed by atoms with Gasteiger partial charge in [-0.15, -0.1) is 0 Å². The van der Waals surface area contributed by atoms with Gasteiger partial charge in [0.05, 0.1) is 21.9 Å². The molecule has 4 rings (SSSR count). The van der Waals surface area contributed by atoms with Crippen LogP contribution in [0.5, 0.6) is 0 Å². The molecule has 0 radical (unpaired) electrons. The van der Waals surface area contributed by atoms with Crippen LogP contribution in [0, 0.1) is 20.2 Å². The van der Waals surface area contributed by atoms with Crippen LogP contribution in [-0.4, -0.2) is 9.85 Å². The summed E-state index contributed by atoms with van der Waals surface area (Å²) in [6, 6.07) is 22.2. The van der Waals surface area contributed by atoms with E-state index in [0.29, 0.717) is 0 Å². The Morgan fingerprint density at radius 1 is 0.788 bits per heavy atom. The summed E-state index contributed by atoms with van der Waals surface area (Å²) in [6.07, 6.45) is 4.95. The van der Waals surface area contributed by atoms with E-state index in [1.807, 2.05) is 30.3 Å². The van der Waals surface area contributed by atoms with Gasteiger partial charge in [0.2, 0.25) is 0 Å². The number of para-hydroxylation sites is 1. The van der Waals surface area contributed by atoms with Gasteiger partial charge in [-0.3, -0.25) is 20.2 Å². The minimum atomic E-state index is -0.379. The number of rotatable bonds is 8. The first-order valence-corrected chi connectivity index (χ1v) is 11.3. The van der Waals surface area contributed by atoms with Gasteiger partial charge in [0, 0.05) is 30.0 Å². The number of aryl methyl sites for hydroxylation is 1. The third-order valence-electron chi connectivity index (χ3n) is 6.43. The minimum absolute atomic E-state index is 0.0637. The molecule has 1 heterocycles. The van der Waals surface area contributed by atoms with Crippen LogP contribution in [-0.2, 0) is 6.42 Å². The molecule has 1 aliphatic heterocycles. The highest BCUT2D eigenvalue weighted by atomic mass is 16.6. The van der Waals surface area contributed by atoms with Crippen LogP contribution in [0.1, 0.15) is 61.4 Å². The molecule has 170 valence electrons. The largest absolute Gasteiger partial charge is 0.357 e. The molecule has 3 aromatic rings. The van der Waals surface area contributed by atoms with Crippen LogP contribution >= 0.6 is 0 Å². The molecule has 0 amide bonds. The van der Waals surface area contributed by atoms with E-state index in [2.05, 4.69) is 30.0 Å². The molecule has 7 nitrogen and oxygen atoms in total. The van der Waals surface area contributed by atoms with Gasteiger partial charge in [-0.2, -0.15) is 0 Å². The van der Waals surface area contributed by atoms with Gasteiger partial charge in [-0.25, -0.2) is 0 Å². The first kappa shape index (κ1) is 22.5. The molecule has 0 aromatic heterocycles. The van der Waals surface area contributed by atoms with E-state index in [-0.39, 0.29) is 33.3 Å². The molecule has 3 aromatic carbocycles. The summed E-state index contributed by atoms with van der Waals surface area (Å²) in [4.78, 5) is 23.9. The molecule has 0 saturated carbocycles. The second-order valence-corrected chi connectivity index (χ2v) is 8.45. The zero-order chi connectivity index (χ0) is 23.4. The average Bonchev–Trinajstić information content (AvgIpc) is 3.28. The average molecular weight is 446 g/mol. The fourth-order valence-electron chi connectivity index (χ4n) is 4.78. The normalized spacial score (nSPS) is 17.8. The maximum Gasteiger partial charge on any atom is 0.269 e. The monoisotopic (exact) mass is 445 g/mol. The zero-order valence-corrected chi connectivity index (χ0v) is 18.6. The summed E-state index contributed by atoms with van der Waals surface area (Å²) >= 11 is 0. The van der Waals surface area contributed by atoms with Crippen molar-refractivity contribution in [3.05, 3.63) is 110 Å². The predicted octanol–water partition coefficient (Wildman–Crippen LogP) is 6.93. The lowest BCUT2D eigenvalue weighted by Gasteiger charge is -2.35. The lowest BCUT2D eigenvalue weighted by molar-refractivity contribution is -0.385. The smallest absolute Gasteiger partial charge is 0.269 e. The number of hydrogen-bond acceptors (Lipinski definition) is 5. The van der Waals surface area contributed by atoms with Crippen molar-refractivity contribution in [1.29, 1.82) is 0 Å². The van der Waals surface area contributed by atoms with Crippen molar-refractivity contribution in [3.63, 3.8) is 0 Å². The number of unbranched alkanes of at least 4 members (excludes halogenated alkanes) is 1. The number of benzene rings is 3. The van der Waals surface area contributed by atoms with Crippen molar-refractivity contribution in [3.8, 4) is 0 Å². The van der Waals surface area contributed by atoms with E-state index in [1.165, 1.54) is 5.56 Å². The maximum absolute atomic E-state index is 11.1. The number of nitrogens with zero attached hydrogens (tertiary/aromatic N) is 3. The summed E-state index contributed by atoms with van der Waals surface area (Å²) < 4.78 is 0. The third kappa shape index (κ3) is 4.72. The Labute approximate surface area is 193 Å². The molecule has 1 aliphatic rings. The SMILES string of the molecule is CCCCc1ccccc1N1C(c2ccc([N+](=O)[O-])cc2)CCC1c1ccc([N+](=O)[O-])cc1. The Morgan fingerprint density at radius 2 is 1.27 bits per heavy atom. The number of nitro groups is 2. The fraction of sp³-hybridized carbons (Fsp3) is 0.308. The van der Waals surface area contributed by atoms with E-state index in [9.17, 15) is 20.2 Å². The highest BCUT2D eigenvalue weighted by molar-refractivity contribution is 5.59. The lowest BCUT2D eigenvalue weighted by atomic mass is 10.00. The molecule has 33 heavy (non-hydrogen) atoms. The lowest BCUT2D eigenvalue weighted by Crippen LogP contribution is -2.27. The molecule has 1 fully saturated rings. The fourth-order valence-corrected chi connectivity index (χ4v) is 4.78. The summed E-state index contributed by atoms with van der Waals surface area (Å²) in [7, 11) is 0. The van der Waals surface area contributed by atoms with Crippen molar-refractivity contribution in [2.24, 2.45) is 0 Å². The van der Waals surface area contributed by atoms with Gasteiger partial charge in [0.15, 0.2) is 0 Å². The minimum Gasteiger partial charge on any atom is -0.357 e. The summed E-state index contributed by atoms with van der Waals surface area (Å²) in [5.74, 6) is 0. The Balaban J connectivity index is 1.76. The van der Waals surface area contributed by atoms with E-state index in [1.54, 1.807) is 24.3 Å². The van der Waals surface area contributed by atoms with Gasteiger partial charge in [-0.05, 0) is 48.4 Å². The molecule has 1 saturated heterocycles. The van der Waals surface area contributed by atoms with E-state index >= 15 is 0 Å². The van der Waals surface area contributed by atoms with Gasteiger partial charge in [-0.1, -0.05) is 55.8 Å². The molecule has 0 spiro atoms. The van der Waals surface area contributed by atoms with Gasteiger partial charge >= 0.3 is 0 Å². The van der Waals surface area contributed by atoms with Crippen LogP contribution in [0.25, 0.3) is 0 Å². The van der Waals surface area contributed by atoms with Crippen molar-refractivity contribution in [2.45, 2.75) is 51.1 Å². The van der Waals surface area contributed by atoms with E-state index < -0.39 is 0 Å². The number of hydrogen-bond donors (Lipinski definition) is 0. The first-order valence-electron chi connectivity index (χ1n) is 11.3. The topological polar surface area (TPSA) is 89.5 Å². The van der Waals surface area contributed by atoms with Crippen molar-refractivity contribution in [2.75, 3.05) is 4.90 Å². The van der Waals surface area contributed by atoms with Crippen molar-refractivity contribution < 1.29 is 9.85 Å². The molecular weight excluding hydrogens is 418 g/mol. The molecule has 0 aliphatic carbocycles. The molecule has 0 bridgehead atoms. The van der Waals surface area contributed by atoms with Crippen LogP contribution in [0.4, 0.5) is 17.1 Å². The Hall–Kier alpha value is -3.74. The maximum atomic E-state index is 11.1. The van der Waals surface area contributed by atoms with Crippen molar-refractivity contribution >= 4 is 17.1 Å². The van der Waals surface area contributed by atoms with Gasteiger partial charge < -0.3 is 4.90 Å². The van der Waals surface area contributed by atoms with Crippen LogP contribution in [0.3, 0.4) is 0 Å². The Kier molecular flexibility index (Phi) is 6.68. The van der Waals surface area contributed by atoms with Crippen LogP contribution in [0.15, 0.2) is 72.8 Å². The molecule has 7 heteroatoms. The highest BCUT2D eigenvalue weighted by Gasteiger charge is 2.36. The predicted molar refractivity (Wildman–Crippen MR) is 128 cm³/mol. The summed E-state index contributed by atoms with van der Waals surface area (Å²) in [5.41, 5.74) is 4.68. The second-order valence-electron chi connectivity index (χ2n) is 8.45. The number of nitro benzene ring substituents is 2. The number of non-ortho nitro benzene ring substituents is 2. The second kappa shape index (κ2) is 9.81. The Bertz CT molecular complexity index is 1060. The van der Waals surface area contributed by atoms with Crippen LogP contribution < -0.4 is 4.90 Å². The molecule has 2 atom stereocenters. The molecular formula is C26H27N3O4. The molecule has 0 N–H and O–H groups in total. The van der Waals surface area contributed by atoms with Gasteiger partial charge in [0.25, 0.3) is 11.4 Å². The Morgan fingerprint density at radius 3 is 1.73 bits per heavy atom. The standard InChI is InChI=1S/C26H27N3O4/c1-2-3-6-19-7-4-5-8-24(19)27-25(20-9-13-22(14-10-20)28(30)31)17-18-26(27)21-11-15-23(16-12-21)29(32)33/h4-5,7-16,25-26H,2-3,6,17-18H2,1H3. The third-order valence-corrected chi connectivity index (χ3v) is 6.43. The highest BCUT2D eigenvalue weighted by Crippen LogP contribution is 2.48. The van der Waals surface area contributed by atoms with E-state index in [4.69, 9.17) is 0 Å². The van der Waals surface area contributed by atoms with Crippen LogP contribution in [0.2, 0.25) is 0 Å². The van der Waals surface area contributed by atoms with Gasteiger partial charge in [0.1, 0.15) is 0 Å². The molecule has 2 unspecified atom stereocenters. The first-order chi connectivity index (χ1) is 16.0.